The van der Waals surface area contributed by atoms with Gasteiger partial charge in [0.1, 0.15) is 0 Å². The molecule has 1 heterocycles. The summed E-state index contributed by atoms with van der Waals surface area (Å²) in [6.07, 6.45) is 99.1. The van der Waals surface area contributed by atoms with Gasteiger partial charge in [0.05, 0.1) is 5.57 Å². The third-order valence-electron chi connectivity index (χ3n) is 20.3. The van der Waals surface area contributed by atoms with Crippen LogP contribution in [0.25, 0.3) is 16.9 Å². The Morgan fingerprint density at radius 3 is 1.03 bits per heavy atom. The van der Waals surface area contributed by atoms with Crippen LogP contribution in [0.1, 0.15) is 474 Å². The first-order chi connectivity index (χ1) is 47.5. The fourth-order valence-electron chi connectivity index (χ4n) is 13.9. The van der Waals surface area contributed by atoms with Crippen LogP contribution in [-0.4, -0.2) is 4.70 Å². The Morgan fingerprint density at radius 2 is 0.680 bits per heavy atom. The second-order valence-electron chi connectivity index (χ2n) is 29.7. The molecular formula is C94H164N2Ni. The van der Waals surface area contributed by atoms with Crippen LogP contribution < -0.4 is 0 Å². The van der Waals surface area contributed by atoms with Gasteiger partial charge in [-0.2, -0.15) is 12.8 Å². The average Bonchev–Trinajstić information content (AvgIpc) is 1.64. The minimum Gasteiger partial charge on any atom is -0.493 e. The predicted octanol–water partition coefficient (Wildman–Crippen LogP) is 33.2. The summed E-state index contributed by atoms with van der Waals surface area (Å²) in [5.41, 5.74) is 19.3. The SMILES string of the molecule is CCCC=CC1=C(c2ccccc2CCCC#CCCCCCCCCCCCCCCCCCCCCCCCC)[N+](=[N-])C(c2cccc(CCCC)c2)=C1.[CH2-]CCCCCCCCCCCCCCCCCCC.[CH2-]CCCCCCCCCCCCCCCCCCC.[Ni+2]. The van der Waals surface area contributed by atoms with E-state index in [0.29, 0.717) is 0 Å². The molecule has 2 aromatic rings. The Morgan fingerprint density at radius 1 is 0.351 bits per heavy atom. The molecule has 0 bridgehead atoms. The Labute approximate surface area is 619 Å². The topological polar surface area (TPSA) is 25.3 Å². The van der Waals surface area contributed by atoms with Crippen LogP contribution in [0.2, 0.25) is 0 Å². The molecule has 560 valence electrons. The molecule has 0 aromatic heterocycles. The first kappa shape index (κ1) is 94.3. The third kappa shape index (κ3) is 59.5. The molecule has 3 heteroatoms. The Bertz CT molecular complexity index is 2040. The van der Waals surface area contributed by atoms with Gasteiger partial charge in [-0.3, -0.25) is 0 Å². The second-order valence-corrected chi connectivity index (χ2v) is 29.7. The van der Waals surface area contributed by atoms with Gasteiger partial charge in [-0.1, -0.05) is 443 Å². The summed E-state index contributed by atoms with van der Waals surface area (Å²) in [6, 6.07) is 17.3. The van der Waals surface area contributed by atoms with Crippen molar-refractivity contribution in [1.29, 1.82) is 0 Å². The number of hydrogen-bond donors (Lipinski definition) is 0. The second kappa shape index (κ2) is 77.5. The van der Waals surface area contributed by atoms with Crippen molar-refractivity contribution in [3.63, 3.8) is 0 Å². The van der Waals surface area contributed by atoms with Crippen LogP contribution in [-0.2, 0) is 29.3 Å². The quantitative estimate of drug-likeness (QED) is 0.0207. The van der Waals surface area contributed by atoms with Gasteiger partial charge in [-0.05, 0) is 67.9 Å². The third-order valence-corrected chi connectivity index (χ3v) is 20.3. The Balaban J connectivity index is 0.00000183. The molecule has 1 aliphatic heterocycles. The molecule has 0 spiro atoms. The van der Waals surface area contributed by atoms with Crippen LogP contribution in [0, 0.1) is 25.7 Å². The summed E-state index contributed by atoms with van der Waals surface area (Å²) < 4.78 is 1.44. The van der Waals surface area contributed by atoms with Gasteiger partial charge < -0.3 is 19.4 Å². The number of unbranched alkanes of at least 4 members (excludes halogenated alkanes) is 59. The van der Waals surface area contributed by atoms with Crippen molar-refractivity contribution in [2.24, 2.45) is 0 Å². The van der Waals surface area contributed by atoms with Gasteiger partial charge in [0.2, 0.25) is 11.4 Å². The molecule has 0 radical (unpaired) electrons. The van der Waals surface area contributed by atoms with E-state index in [1.54, 1.807) is 0 Å². The molecular weight excluding hydrogens is 1220 g/mol. The van der Waals surface area contributed by atoms with Crippen molar-refractivity contribution in [2.75, 3.05) is 0 Å². The van der Waals surface area contributed by atoms with Gasteiger partial charge >= 0.3 is 16.5 Å². The van der Waals surface area contributed by atoms with E-state index in [0.717, 1.165) is 85.9 Å². The van der Waals surface area contributed by atoms with Crippen LogP contribution in [0.15, 0.2) is 72.3 Å². The van der Waals surface area contributed by atoms with Crippen LogP contribution in [0.5, 0.6) is 0 Å². The monoisotopic (exact) mass is 1380 g/mol. The smallest absolute Gasteiger partial charge is 0.493 e. The fourth-order valence-corrected chi connectivity index (χ4v) is 13.9. The maximum atomic E-state index is 11.7. The number of rotatable bonds is 67. The predicted molar refractivity (Wildman–Crippen MR) is 435 cm³/mol. The normalized spacial score (nSPS) is 12.0. The van der Waals surface area contributed by atoms with Crippen LogP contribution in [0.3, 0.4) is 0 Å². The van der Waals surface area contributed by atoms with Gasteiger partial charge in [-0.15, -0.1) is 11.8 Å². The Hall–Kier alpha value is -2.69. The largest absolute Gasteiger partial charge is 2.00 e. The van der Waals surface area contributed by atoms with Crippen molar-refractivity contribution < 1.29 is 21.2 Å². The molecule has 2 aromatic carbocycles. The Kier molecular flexibility index (Phi) is 75.3. The molecule has 0 amide bonds. The standard InChI is InChI=1S/C54H82N2.2C20H41.Ni/c1-4-7-10-11-12-13-14-15-16-17-18-19-20-21-22-23-24-25-26-27-28-29-30-31-32-33-35-41-49-42-36-37-45-52(49)54-51(43-34-8-5-2)47-53(56(54)55)50-44-38-40-48(46-50)39-9-6-3;2*1-3-5-7-9-11-13-15-17-19-20-18-16-14-12-10-8-6-4-2;/h34,36-38,40,42-47H,4-30,33,35,39,41H2,1-3H3;2*1,3-20H2,2H3;/q;2*-1;+2. The van der Waals surface area contributed by atoms with Crippen molar-refractivity contribution in [3.8, 4) is 11.8 Å². The molecule has 1 aliphatic rings. The number of allylic oxidation sites excluding steroid dienone is 4. The van der Waals surface area contributed by atoms with Crippen molar-refractivity contribution in [3.05, 3.63) is 114 Å². The minimum absolute atomic E-state index is 0. The van der Waals surface area contributed by atoms with Gasteiger partial charge in [0, 0.05) is 30.0 Å². The zero-order valence-corrected chi connectivity index (χ0v) is 66.8. The number of hydrogen-bond acceptors (Lipinski definition) is 0. The van der Waals surface area contributed by atoms with Crippen LogP contribution in [0.4, 0.5) is 0 Å². The van der Waals surface area contributed by atoms with Crippen molar-refractivity contribution >= 4 is 11.4 Å². The van der Waals surface area contributed by atoms with E-state index >= 15 is 0 Å². The molecule has 0 N–H and O–H groups in total. The van der Waals surface area contributed by atoms with E-state index in [1.165, 1.54) is 388 Å². The van der Waals surface area contributed by atoms with E-state index in [4.69, 9.17) is 0 Å². The summed E-state index contributed by atoms with van der Waals surface area (Å²) >= 11 is 0. The van der Waals surface area contributed by atoms with E-state index in [2.05, 4.69) is 127 Å². The van der Waals surface area contributed by atoms with Gasteiger partial charge in [-0.25, -0.2) is 4.70 Å². The molecule has 97 heavy (non-hydrogen) atoms. The zero-order valence-electron chi connectivity index (χ0n) is 65.9. The molecule has 0 saturated heterocycles. The number of nitrogens with zero attached hydrogens (tertiary/aromatic N) is 2. The van der Waals surface area contributed by atoms with E-state index in [9.17, 15) is 5.53 Å². The summed E-state index contributed by atoms with van der Waals surface area (Å²) in [7, 11) is 0. The maximum Gasteiger partial charge on any atom is 2.00 e. The maximum absolute atomic E-state index is 11.7. The van der Waals surface area contributed by atoms with E-state index < -0.39 is 0 Å². The molecule has 0 unspecified atom stereocenters. The molecule has 0 atom stereocenters. The van der Waals surface area contributed by atoms with Crippen LogP contribution >= 0.6 is 0 Å². The first-order valence-electron chi connectivity index (χ1n) is 43.4. The zero-order chi connectivity index (χ0) is 69.2. The summed E-state index contributed by atoms with van der Waals surface area (Å²) in [4.78, 5) is 0. The number of benzene rings is 2. The first-order valence-corrected chi connectivity index (χ1v) is 43.4. The van der Waals surface area contributed by atoms with Gasteiger partial charge in [0.25, 0.3) is 0 Å². The molecule has 2 nitrogen and oxygen atoms in total. The van der Waals surface area contributed by atoms with E-state index in [-0.39, 0.29) is 16.5 Å². The van der Waals surface area contributed by atoms with E-state index in [1.807, 2.05) is 0 Å². The fraction of sp³-hybridized carbons (Fsp3) is 0.766. The molecule has 0 saturated carbocycles. The molecule has 3 rings (SSSR count). The average molecular weight is 1380 g/mol. The summed E-state index contributed by atoms with van der Waals surface area (Å²) in [5.74, 6) is 6.93. The van der Waals surface area contributed by atoms with Crippen molar-refractivity contribution in [1.82, 2.24) is 0 Å². The van der Waals surface area contributed by atoms with Crippen molar-refractivity contribution in [2.45, 2.75) is 465 Å². The summed E-state index contributed by atoms with van der Waals surface area (Å²) in [6.45, 7) is 19.1. The summed E-state index contributed by atoms with van der Waals surface area (Å²) in [5, 5.41) is 0. The molecule has 0 aliphatic carbocycles. The van der Waals surface area contributed by atoms with Gasteiger partial charge in [0.15, 0.2) is 0 Å². The molecule has 0 fully saturated rings. The number of aryl methyl sites for hydroxylation is 2. The minimum atomic E-state index is 0.